The molecule has 10 heteroatoms. The van der Waals surface area contributed by atoms with Gasteiger partial charge in [-0.2, -0.15) is 13.2 Å². The van der Waals surface area contributed by atoms with E-state index in [9.17, 15) is 31.1 Å². The molecule has 0 bridgehead atoms. The molecule has 1 N–H and O–H groups in total. The maximum atomic E-state index is 13.4. The molecule has 1 saturated carbocycles. The number of halogens is 6. The SMILES string of the molecule is O=C1CC(c2cc(OC(F)(F)F)ccc2OCC(F)(F)F)CC12CCCNC2c1ccccc1. The van der Waals surface area contributed by atoms with Gasteiger partial charge in [0.2, 0.25) is 0 Å². The molecule has 1 spiro atoms. The Kier molecular flexibility index (Phi) is 6.54. The number of carbonyl (C=O) groups excluding carboxylic acids is 1. The molecule has 2 fully saturated rings. The van der Waals surface area contributed by atoms with Crippen LogP contribution in [0.5, 0.6) is 11.5 Å². The molecule has 3 unspecified atom stereocenters. The minimum atomic E-state index is -4.97. The van der Waals surface area contributed by atoms with Crippen LogP contribution < -0.4 is 14.8 Å². The Morgan fingerprint density at radius 2 is 1.76 bits per heavy atom. The maximum absolute atomic E-state index is 13.4. The van der Waals surface area contributed by atoms with Gasteiger partial charge in [0.25, 0.3) is 0 Å². The van der Waals surface area contributed by atoms with E-state index >= 15 is 0 Å². The smallest absolute Gasteiger partial charge is 0.484 e. The van der Waals surface area contributed by atoms with Crippen LogP contribution >= 0.6 is 0 Å². The molecule has 0 amide bonds. The molecule has 34 heavy (non-hydrogen) atoms. The van der Waals surface area contributed by atoms with Crippen molar-refractivity contribution in [2.45, 2.75) is 50.2 Å². The lowest BCUT2D eigenvalue weighted by Crippen LogP contribution is -2.45. The summed E-state index contributed by atoms with van der Waals surface area (Å²) in [5, 5.41) is 3.40. The van der Waals surface area contributed by atoms with Crippen molar-refractivity contribution in [2.24, 2.45) is 5.41 Å². The van der Waals surface area contributed by atoms with Crippen LogP contribution in [0, 0.1) is 5.41 Å². The molecule has 0 aromatic heterocycles. The standard InChI is InChI=1S/C24H23F6NO3/c25-23(26,27)14-33-19-8-7-17(34-24(28,29)30)12-18(19)16-11-20(32)22(13-16)9-4-10-31-21(22)15-5-2-1-3-6-15/h1-3,5-8,12,16,21,31H,4,9-11,13-14H2. The molecule has 4 nitrogen and oxygen atoms in total. The summed E-state index contributed by atoms with van der Waals surface area (Å²) in [6, 6.07) is 12.1. The molecular formula is C24H23F6NO3. The summed E-state index contributed by atoms with van der Waals surface area (Å²) >= 11 is 0. The minimum Gasteiger partial charge on any atom is -0.484 e. The molecule has 1 aliphatic heterocycles. The first kappa shape index (κ1) is 24.4. The average molecular weight is 487 g/mol. The van der Waals surface area contributed by atoms with Crippen LogP contribution in [-0.2, 0) is 4.79 Å². The van der Waals surface area contributed by atoms with Crippen molar-refractivity contribution in [1.82, 2.24) is 5.32 Å². The summed E-state index contributed by atoms with van der Waals surface area (Å²) in [6.45, 7) is -0.895. The first-order chi connectivity index (χ1) is 16.0. The molecular weight excluding hydrogens is 464 g/mol. The van der Waals surface area contributed by atoms with Crippen molar-refractivity contribution in [3.05, 3.63) is 59.7 Å². The first-order valence-electron chi connectivity index (χ1n) is 10.9. The molecule has 184 valence electrons. The summed E-state index contributed by atoms with van der Waals surface area (Å²) in [5.74, 6) is -1.46. The lowest BCUT2D eigenvalue weighted by atomic mass is 9.69. The monoisotopic (exact) mass is 487 g/mol. The molecule has 1 saturated heterocycles. The Labute approximate surface area is 192 Å². The number of piperidine rings is 1. The third kappa shape index (κ3) is 5.32. The molecule has 2 aromatic rings. The summed E-state index contributed by atoms with van der Waals surface area (Å²) in [7, 11) is 0. The minimum absolute atomic E-state index is 0.0110. The van der Waals surface area contributed by atoms with Crippen molar-refractivity contribution < 1.29 is 40.6 Å². The van der Waals surface area contributed by atoms with E-state index in [4.69, 9.17) is 4.74 Å². The Morgan fingerprint density at radius 1 is 1.03 bits per heavy atom. The highest BCUT2D eigenvalue weighted by Gasteiger charge is 2.53. The highest BCUT2D eigenvalue weighted by Crippen LogP contribution is 2.56. The van der Waals surface area contributed by atoms with Gasteiger partial charge in [0.15, 0.2) is 6.61 Å². The van der Waals surface area contributed by atoms with Gasteiger partial charge in [-0.25, -0.2) is 0 Å². The van der Waals surface area contributed by atoms with E-state index < -0.39 is 36.2 Å². The van der Waals surface area contributed by atoms with Crippen LogP contribution in [0.3, 0.4) is 0 Å². The van der Waals surface area contributed by atoms with Gasteiger partial charge in [-0.1, -0.05) is 30.3 Å². The van der Waals surface area contributed by atoms with Gasteiger partial charge in [0.1, 0.15) is 17.3 Å². The van der Waals surface area contributed by atoms with Gasteiger partial charge in [0.05, 0.1) is 0 Å². The molecule has 2 aromatic carbocycles. The van der Waals surface area contributed by atoms with E-state index in [1.165, 1.54) is 0 Å². The second-order valence-corrected chi connectivity index (χ2v) is 8.74. The number of benzene rings is 2. The number of ether oxygens (including phenoxy) is 2. The van der Waals surface area contributed by atoms with Gasteiger partial charge in [-0.05, 0) is 55.5 Å². The van der Waals surface area contributed by atoms with Crippen molar-refractivity contribution in [3.8, 4) is 11.5 Å². The Hall–Kier alpha value is -2.75. The van der Waals surface area contributed by atoms with Crippen LogP contribution in [0.15, 0.2) is 48.5 Å². The van der Waals surface area contributed by atoms with E-state index in [2.05, 4.69) is 10.1 Å². The fraction of sp³-hybridized carbons (Fsp3) is 0.458. The van der Waals surface area contributed by atoms with Gasteiger partial charge in [-0.15, -0.1) is 13.2 Å². The summed E-state index contributed by atoms with van der Waals surface area (Å²) < 4.78 is 85.6. The highest BCUT2D eigenvalue weighted by molar-refractivity contribution is 5.89. The molecule has 2 aliphatic rings. The predicted molar refractivity (Wildman–Crippen MR) is 111 cm³/mol. The normalized spacial score (nSPS) is 25.5. The highest BCUT2D eigenvalue weighted by atomic mass is 19.4. The Bertz CT molecular complexity index is 1020. The quantitative estimate of drug-likeness (QED) is 0.519. The second-order valence-electron chi connectivity index (χ2n) is 8.74. The maximum Gasteiger partial charge on any atom is 0.573 e. The van der Waals surface area contributed by atoms with Crippen molar-refractivity contribution in [3.63, 3.8) is 0 Å². The lowest BCUT2D eigenvalue weighted by Gasteiger charge is -2.41. The summed E-state index contributed by atoms with van der Waals surface area (Å²) in [6.07, 6.45) is -8.03. The van der Waals surface area contributed by atoms with Gasteiger partial charge < -0.3 is 14.8 Å². The second kappa shape index (κ2) is 9.13. The van der Waals surface area contributed by atoms with E-state index in [1.807, 2.05) is 30.3 Å². The van der Waals surface area contributed by atoms with Crippen molar-refractivity contribution in [2.75, 3.05) is 13.2 Å². The summed E-state index contributed by atoms with van der Waals surface area (Å²) in [4.78, 5) is 13.4. The molecule has 4 rings (SSSR count). The van der Waals surface area contributed by atoms with Gasteiger partial charge in [0, 0.05) is 23.4 Å². The zero-order valence-electron chi connectivity index (χ0n) is 18.0. The number of Topliss-reactive ketones (excluding diaryl/α,β-unsaturated/α-hetero) is 1. The zero-order valence-corrected chi connectivity index (χ0v) is 18.0. The number of hydrogen-bond donors (Lipinski definition) is 1. The number of alkyl halides is 6. The Morgan fingerprint density at radius 3 is 2.44 bits per heavy atom. The van der Waals surface area contributed by atoms with Crippen LogP contribution in [-0.4, -0.2) is 31.5 Å². The topological polar surface area (TPSA) is 47.6 Å². The van der Waals surface area contributed by atoms with Gasteiger partial charge >= 0.3 is 12.5 Å². The number of carbonyl (C=O) groups is 1. The largest absolute Gasteiger partial charge is 0.573 e. The number of rotatable bonds is 5. The van der Waals surface area contributed by atoms with Crippen molar-refractivity contribution >= 4 is 5.78 Å². The van der Waals surface area contributed by atoms with E-state index in [-0.39, 0.29) is 36.0 Å². The van der Waals surface area contributed by atoms with Gasteiger partial charge in [-0.3, -0.25) is 4.79 Å². The molecule has 1 heterocycles. The molecule has 3 atom stereocenters. The number of ketones is 1. The number of nitrogens with one attached hydrogen (secondary N) is 1. The van der Waals surface area contributed by atoms with E-state index in [1.54, 1.807) is 0 Å². The third-order valence-electron chi connectivity index (χ3n) is 6.48. The van der Waals surface area contributed by atoms with Crippen LogP contribution in [0.25, 0.3) is 0 Å². The number of hydrogen-bond acceptors (Lipinski definition) is 4. The van der Waals surface area contributed by atoms with Crippen LogP contribution in [0.2, 0.25) is 0 Å². The van der Waals surface area contributed by atoms with Crippen LogP contribution in [0.4, 0.5) is 26.3 Å². The summed E-state index contributed by atoms with van der Waals surface area (Å²) in [5.41, 5.74) is 0.208. The molecule has 0 radical (unpaired) electrons. The fourth-order valence-electron chi connectivity index (χ4n) is 5.20. The van der Waals surface area contributed by atoms with E-state index in [0.29, 0.717) is 13.0 Å². The first-order valence-corrected chi connectivity index (χ1v) is 10.9. The van der Waals surface area contributed by atoms with E-state index in [0.717, 1.165) is 30.2 Å². The average Bonchev–Trinajstić information content (AvgIpc) is 3.08. The third-order valence-corrected chi connectivity index (χ3v) is 6.48. The lowest BCUT2D eigenvalue weighted by molar-refractivity contribution is -0.274. The predicted octanol–water partition coefficient (Wildman–Crippen LogP) is 6.08. The zero-order chi connectivity index (χ0) is 24.6. The van der Waals surface area contributed by atoms with Crippen LogP contribution in [0.1, 0.15) is 48.8 Å². The molecule has 1 aliphatic carbocycles. The Balaban J connectivity index is 1.69. The van der Waals surface area contributed by atoms with Crippen molar-refractivity contribution in [1.29, 1.82) is 0 Å². The fourth-order valence-corrected chi connectivity index (χ4v) is 5.20.